The Labute approximate surface area is 90.8 Å². The zero-order chi connectivity index (χ0) is 10.8. The SMILES string of the molecule is CCCC1CC(O)(C(F)(F)Br)CCO1. The van der Waals surface area contributed by atoms with Gasteiger partial charge in [-0.05, 0) is 22.4 Å². The summed E-state index contributed by atoms with van der Waals surface area (Å²) in [7, 11) is 0. The Bertz CT molecular complexity index is 194. The van der Waals surface area contributed by atoms with Crippen molar-refractivity contribution in [1.29, 1.82) is 0 Å². The van der Waals surface area contributed by atoms with Crippen molar-refractivity contribution in [2.75, 3.05) is 6.61 Å². The van der Waals surface area contributed by atoms with E-state index in [1.165, 1.54) is 0 Å². The van der Waals surface area contributed by atoms with Gasteiger partial charge in [-0.15, -0.1) is 0 Å². The minimum absolute atomic E-state index is 0.000903. The number of hydrogen-bond acceptors (Lipinski definition) is 2. The summed E-state index contributed by atoms with van der Waals surface area (Å²) in [5, 5.41) is 9.73. The van der Waals surface area contributed by atoms with Crippen molar-refractivity contribution >= 4 is 15.9 Å². The zero-order valence-electron chi connectivity index (χ0n) is 8.10. The topological polar surface area (TPSA) is 29.5 Å². The quantitative estimate of drug-likeness (QED) is 0.801. The standard InChI is InChI=1S/C9H15BrF2O2/c1-2-3-7-6-8(13,4-5-14-7)9(10,11)12/h7,13H,2-6H2,1H3. The van der Waals surface area contributed by atoms with Crippen LogP contribution in [0.4, 0.5) is 8.78 Å². The summed E-state index contributed by atoms with van der Waals surface area (Å²) in [6.45, 7) is 2.16. The second-order valence-corrected chi connectivity index (χ2v) is 4.76. The molecule has 0 saturated carbocycles. The van der Waals surface area contributed by atoms with E-state index in [0.717, 1.165) is 6.42 Å². The Balaban J connectivity index is 2.62. The molecule has 0 bridgehead atoms. The van der Waals surface area contributed by atoms with Crippen LogP contribution in [0.2, 0.25) is 0 Å². The van der Waals surface area contributed by atoms with Gasteiger partial charge in [-0.3, -0.25) is 0 Å². The van der Waals surface area contributed by atoms with E-state index >= 15 is 0 Å². The van der Waals surface area contributed by atoms with Crippen molar-refractivity contribution in [1.82, 2.24) is 0 Å². The summed E-state index contributed by atoms with van der Waals surface area (Å²) in [5.74, 6) is 0. The minimum atomic E-state index is -3.23. The summed E-state index contributed by atoms with van der Waals surface area (Å²) >= 11 is 2.24. The van der Waals surface area contributed by atoms with Gasteiger partial charge in [-0.1, -0.05) is 13.3 Å². The van der Waals surface area contributed by atoms with Crippen molar-refractivity contribution in [3.05, 3.63) is 0 Å². The van der Waals surface area contributed by atoms with Crippen LogP contribution in [0.25, 0.3) is 0 Å². The molecule has 1 aliphatic heterocycles. The zero-order valence-corrected chi connectivity index (χ0v) is 9.69. The summed E-state index contributed by atoms with van der Waals surface area (Å²) in [6.07, 6.45) is 1.31. The molecule has 1 heterocycles. The molecule has 0 aliphatic carbocycles. The van der Waals surface area contributed by atoms with E-state index in [1.807, 2.05) is 6.92 Å². The van der Waals surface area contributed by atoms with Gasteiger partial charge in [-0.2, -0.15) is 8.78 Å². The first-order valence-corrected chi connectivity index (χ1v) is 5.59. The molecule has 0 aromatic carbocycles. The molecule has 1 rings (SSSR count). The second kappa shape index (κ2) is 4.41. The normalized spacial score (nSPS) is 34.5. The highest BCUT2D eigenvalue weighted by molar-refractivity contribution is 9.10. The summed E-state index contributed by atoms with van der Waals surface area (Å²) in [5.41, 5.74) is -1.95. The molecule has 0 amide bonds. The lowest BCUT2D eigenvalue weighted by Gasteiger charge is -2.39. The molecule has 1 saturated heterocycles. The van der Waals surface area contributed by atoms with Gasteiger partial charge in [0.2, 0.25) is 0 Å². The van der Waals surface area contributed by atoms with E-state index in [2.05, 4.69) is 15.9 Å². The van der Waals surface area contributed by atoms with Gasteiger partial charge in [0, 0.05) is 19.4 Å². The molecule has 1 fully saturated rings. The van der Waals surface area contributed by atoms with Gasteiger partial charge in [-0.25, -0.2) is 0 Å². The van der Waals surface area contributed by atoms with Crippen molar-refractivity contribution < 1.29 is 18.6 Å². The van der Waals surface area contributed by atoms with Crippen molar-refractivity contribution in [3.8, 4) is 0 Å². The van der Waals surface area contributed by atoms with Crippen LogP contribution < -0.4 is 0 Å². The Morgan fingerprint density at radius 1 is 1.64 bits per heavy atom. The Kier molecular flexibility index (Phi) is 3.88. The third-order valence-electron chi connectivity index (χ3n) is 2.57. The first-order chi connectivity index (χ1) is 6.39. The molecular weight excluding hydrogens is 258 g/mol. The van der Waals surface area contributed by atoms with E-state index in [0.29, 0.717) is 6.42 Å². The summed E-state index contributed by atoms with van der Waals surface area (Å²) < 4.78 is 31.3. The molecule has 1 aliphatic rings. The van der Waals surface area contributed by atoms with E-state index in [1.54, 1.807) is 0 Å². The van der Waals surface area contributed by atoms with E-state index in [4.69, 9.17) is 4.74 Å². The monoisotopic (exact) mass is 272 g/mol. The van der Waals surface area contributed by atoms with Gasteiger partial charge in [0.15, 0.2) is 0 Å². The fourth-order valence-corrected chi connectivity index (χ4v) is 2.06. The van der Waals surface area contributed by atoms with Gasteiger partial charge in [0.05, 0.1) is 6.10 Å². The maximum atomic E-state index is 13.0. The molecule has 0 aromatic heterocycles. The van der Waals surface area contributed by atoms with Crippen LogP contribution in [-0.2, 0) is 4.74 Å². The molecule has 2 atom stereocenters. The number of rotatable bonds is 3. The van der Waals surface area contributed by atoms with Gasteiger partial charge in [0.25, 0.3) is 0 Å². The molecule has 0 radical (unpaired) electrons. The molecule has 0 aromatic rings. The lowest BCUT2D eigenvalue weighted by molar-refractivity contribution is -0.182. The Morgan fingerprint density at radius 2 is 2.29 bits per heavy atom. The van der Waals surface area contributed by atoms with Crippen LogP contribution in [0.15, 0.2) is 0 Å². The average molecular weight is 273 g/mol. The summed E-state index contributed by atoms with van der Waals surface area (Å²) in [4.78, 5) is -3.23. The Hall–Kier alpha value is 0.260. The third kappa shape index (κ3) is 2.64. The van der Waals surface area contributed by atoms with Crippen LogP contribution in [0.3, 0.4) is 0 Å². The van der Waals surface area contributed by atoms with Crippen molar-refractivity contribution in [2.45, 2.75) is 49.1 Å². The molecule has 2 unspecified atom stereocenters. The molecule has 1 N–H and O–H groups in total. The fourth-order valence-electron chi connectivity index (χ4n) is 1.70. The first kappa shape index (κ1) is 12.3. The second-order valence-electron chi connectivity index (χ2n) is 3.76. The van der Waals surface area contributed by atoms with Crippen LogP contribution in [0, 0.1) is 0 Å². The van der Waals surface area contributed by atoms with Crippen LogP contribution in [-0.4, -0.2) is 28.3 Å². The summed E-state index contributed by atoms with van der Waals surface area (Å²) in [6, 6.07) is 0. The van der Waals surface area contributed by atoms with E-state index < -0.39 is 10.4 Å². The average Bonchev–Trinajstić information content (AvgIpc) is 2.03. The van der Waals surface area contributed by atoms with Gasteiger partial charge < -0.3 is 9.84 Å². The van der Waals surface area contributed by atoms with Crippen LogP contribution >= 0.6 is 15.9 Å². The highest BCUT2D eigenvalue weighted by Crippen LogP contribution is 2.43. The number of hydrogen-bond donors (Lipinski definition) is 1. The number of alkyl halides is 3. The highest BCUT2D eigenvalue weighted by atomic mass is 79.9. The maximum Gasteiger partial charge on any atom is 0.329 e. The van der Waals surface area contributed by atoms with Crippen molar-refractivity contribution in [3.63, 3.8) is 0 Å². The smallest absolute Gasteiger partial charge is 0.329 e. The Morgan fingerprint density at radius 3 is 2.79 bits per heavy atom. The molecule has 2 nitrogen and oxygen atoms in total. The molecule has 5 heteroatoms. The molecule has 14 heavy (non-hydrogen) atoms. The third-order valence-corrected chi connectivity index (χ3v) is 3.31. The van der Waals surface area contributed by atoms with Crippen LogP contribution in [0.1, 0.15) is 32.6 Å². The molecule has 84 valence electrons. The highest BCUT2D eigenvalue weighted by Gasteiger charge is 2.53. The van der Waals surface area contributed by atoms with E-state index in [-0.39, 0.29) is 25.6 Å². The van der Waals surface area contributed by atoms with E-state index in [9.17, 15) is 13.9 Å². The van der Waals surface area contributed by atoms with Gasteiger partial charge in [0.1, 0.15) is 5.60 Å². The first-order valence-electron chi connectivity index (χ1n) is 4.80. The number of ether oxygens (including phenoxy) is 1. The van der Waals surface area contributed by atoms with Crippen LogP contribution in [0.5, 0.6) is 0 Å². The molecular formula is C9H15BrF2O2. The largest absolute Gasteiger partial charge is 0.382 e. The number of aliphatic hydroxyl groups is 1. The van der Waals surface area contributed by atoms with Gasteiger partial charge >= 0.3 is 4.83 Å². The number of halogens is 3. The lowest BCUT2D eigenvalue weighted by atomic mass is 9.89. The predicted octanol–water partition coefficient (Wildman–Crippen LogP) is 2.68. The molecule has 0 spiro atoms. The maximum absolute atomic E-state index is 13.0. The minimum Gasteiger partial charge on any atom is -0.382 e. The van der Waals surface area contributed by atoms with Crippen molar-refractivity contribution in [2.24, 2.45) is 0 Å². The predicted molar refractivity (Wildman–Crippen MR) is 52.7 cm³/mol. The fraction of sp³-hybridized carbons (Fsp3) is 1.00. The lowest BCUT2D eigenvalue weighted by Crippen LogP contribution is -2.50.